The molecule has 0 N–H and O–H groups in total. The Labute approximate surface area is 171 Å². The minimum atomic E-state index is 0.109. The molecule has 1 saturated carbocycles. The van der Waals surface area contributed by atoms with E-state index in [1.165, 1.54) is 18.4 Å². The highest BCUT2D eigenvalue weighted by molar-refractivity contribution is 6.00. The van der Waals surface area contributed by atoms with Gasteiger partial charge in [-0.05, 0) is 68.6 Å². The van der Waals surface area contributed by atoms with Crippen molar-refractivity contribution in [1.82, 2.24) is 19.4 Å². The lowest BCUT2D eigenvalue weighted by atomic mass is 9.83. The van der Waals surface area contributed by atoms with E-state index in [0.29, 0.717) is 17.4 Å². The summed E-state index contributed by atoms with van der Waals surface area (Å²) in [5, 5.41) is 4.41. The molecule has 2 saturated heterocycles. The molecule has 2 aromatic rings. The Morgan fingerprint density at radius 1 is 0.897 bits per heavy atom. The monoisotopic (exact) mass is 394 g/mol. The fourth-order valence-electron chi connectivity index (χ4n) is 5.03. The molecule has 29 heavy (non-hydrogen) atoms. The predicted octanol–water partition coefficient (Wildman–Crippen LogP) is 3.47. The van der Waals surface area contributed by atoms with E-state index in [9.17, 15) is 9.59 Å². The molecule has 0 spiro atoms. The molecule has 2 aliphatic heterocycles. The number of aromatic nitrogens is 2. The van der Waals surface area contributed by atoms with Crippen LogP contribution in [0.5, 0.6) is 0 Å². The first-order valence-corrected chi connectivity index (χ1v) is 11.3. The fraction of sp³-hybridized carbons (Fsp3) is 0.609. The molecule has 5 rings (SSSR count). The van der Waals surface area contributed by atoms with Gasteiger partial charge in [-0.1, -0.05) is 6.42 Å². The summed E-state index contributed by atoms with van der Waals surface area (Å²) in [6, 6.07) is 4.28. The zero-order chi connectivity index (χ0) is 19.8. The molecule has 2 aromatic heterocycles. The van der Waals surface area contributed by atoms with Crippen LogP contribution in [0.2, 0.25) is 0 Å². The topological polar surface area (TPSA) is 57.9 Å². The highest BCUT2D eigenvalue weighted by Gasteiger charge is 2.32. The van der Waals surface area contributed by atoms with Gasteiger partial charge in [0.25, 0.3) is 5.91 Å². The second-order valence-corrected chi connectivity index (χ2v) is 8.93. The summed E-state index contributed by atoms with van der Waals surface area (Å²) in [5.74, 6) is 1.21. The quantitative estimate of drug-likeness (QED) is 0.801. The summed E-state index contributed by atoms with van der Waals surface area (Å²) in [5.41, 5.74) is 2.89. The summed E-state index contributed by atoms with van der Waals surface area (Å²) < 4.78 is 1.82. The normalized spacial score (nSPS) is 21.4. The number of pyridine rings is 1. The van der Waals surface area contributed by atoms with E-state index in [2.05, 4.69) is 22.1 Å². The van der Waals surface area contributed by atoms with Crippen LogP contribution in [0.4, 0.5) is 0 Å². The number of piperidine rings is 2. The van der Waals surface area contributed by atoms with Crippen molar-refractivity contribution in [1.29, 1.82) is 0 Å². The zero-order valence-corrected chi connectivity index (χ0v) is 17.1. The number of amides is 2. The summed E-state index contributed by atoms with van der Waals surface area (Å²) >= 11 is 0. The molecule has 0 unspecified atom stereocenters. The molecule has 0 bridgehead atoms. The molecule has 2 amide bonds. The van der Waals surface area contributed by atoms with Crippen molar-refractivity contribution in [2.24, 2.45) is 5.92 Å². The average Bonchev–Trinajstić information content (AvgIpc) is 3.16. The molecule has 1 aliphatic carbocycles. The van der Waals surface area contributed by atoms with Crippen LogP contribution >= 0.6 is 0 Å². The van der Waals surface area contributed by atoms with E-state index < -0.39 is 0 Å². The van der Waals surface area contributed by atoms with Crippen LogP contribution in [0.3, 0.4) is 0 Å². The van der Waals surface area contributed by atoms with Crippen LogP contribution in [0.25, 0.3) is 5.52 Å². The largest absolute Gasteiger partial charge is 0.342 e. The van der Waals surface area contributed by atoms with E-state index in [4.69, 9.17) is 0 Å². The van der Waals surface area contributed by atoms with Gasteiger partial charge in [0.05, 0.1) is 17.3 Å². The van der Waals surface area contributed by atoms with Crippen LogP contribution < -0.4 is 0 Å². The Morgan fingerprint density at radius 3 is 2.34 bits per heavy atom. The molecule has 0 radical (unpaired) electrons. The maximum Gasteiger partial charge on any atom is 0.257 e. The van der Waals surface area contributed by atoms with E-state index in [0.717, 1.165) is 70.2 Å². The highest BCUT2D eigenvalue weighted by atomic mass is 16.2. The Balaban J connectivity index is 1.31. The molecular weight excluding hydrogens is 364 g/mol. The number of hydrogen-bond acceptors (Lipinski definition) is 3. The van der Waals surface area contributed by atoms with Crippen molar-refractivity contribution >= 4 is 17.3 Å². The Hall–Kier alpha value is -2.37. The predicted molar refractivity (Wildman–Crippen MR) is 111 cm³/mol. The molecule has 6 nitrogen and oxygen atoms in total. The number of carbonyl (C=O) groups is 2. The lowest BCUT2D eigenvalue weighted by Gasteiger charge is -2.36. The molecule has 3 fully saturated rings. The number of carbonyl (C=O) groups excluding carboxylic acids is 2. The van der Waals surface area contributed by atoms with E-state index in [1.807, 2.05) is 15.6 Å². The maximum atomic E-state index is 13.0. The minimum Gasteiger partial charge on any atom is -0.342 e. The number of nitrogens with zero attached hydrogens (tertiary/aromatic N) is 4. The number of fused-ring (bicyclic) bond motifs is 1. The maximum absolute atomic E-state index is 13.0. The SMILES string of the molecule is O=C(c1cnn2ccc(C3CCN(C(=O)C4CCC4)CC3)cc12)N1CCCCC1. The fourth-order valence-corrected chi connectivity index (χ4v) is 5.03. The second-order valence-electron chi connectivity index (χ2n) is 8.93. The van der Waals surface area contributed by atoms with E-state index in [-0.39, 0.29) is 11.8 Å². The highest BCUT2D eigenvalue weighted by Crippen LogP contribution is 2.33. The van der Waals surface area contributed by atoms with Gasteiger partial charge in [0, 0.05) is 38.3 Å². The molecular formula is C23H30N4O2. The first-order valence-electron chi connectivity index (χ1n) is 11.3. The zero-order valence-electron chi connectivity index (χ0n) is 17.1. The lowest BCUT2D eigenvalue weighted by molar-refractivity contribution is -0.139. The summed E-state index contributed by atoms with van der Waals surface area (Å²) in [6.45, 7) is 3.40. The van der Waals surface area contributed by atoms with Crippen molar-refractivity contribution in [3.05, 3.63) is 35.7 Å². The van der Waals surface area contributed by atoms with Gasteiger partial charge in [0.2, 0.25) is 5.91 Å². The minimum absolute atomic E-state index is 0.109. The molecule has 6 heteroatoms. The third kappa shape index (κ3) is 3.53. The Kier molecular flexibility index (Phi) is 5.02. The molecule has 4 heterocycles. The van der Waals surface area contributed by atoms with Gasteiger partial charge in [-0.25, -0.2) is 4.52 Å². The summed E-state index contributed by atoms with van der Waals surface area (Å²) in [6.07, 6.45) is 12.4. The van der Waals surface area contributed by atoms with E-state index >= 15 is 0 Å². The van der Waals surface area contributed by atoms with Crippen molar-refractivity contribution in [3.8, 4) is 0 Å². The van der Waals surface area contributed by atoms with Gasteiger partial charge >= 0.3 is 0 Å². The third-order valence-electron chi connectivity index (χ3n) is 7.15. The van der Waals surface area contributed by atoms with Crippen molar-refractivity contribution in [2.45, 2.75) is 57.3 Å². The van der Waals surface area contributed by atoms with Crippen LogP contribution in [0, 0.1) is 5.92 Å². The van der Waals surface area contributed by atoms with Crippen LogP contribution in [-0.2, 0) is 4.79 Å². The Morgan fingerprint density at radius 2 is 1.66 bits per heavy atom. The molecule has 154 valence electrons. The molecule has 3 aliphatic rings. The van der Waals surface area contributed by atoms with Crippen LogP contribution in [0.1, 0.15) is 73.2 Å². The smallest absolute Gasteiger partial charge is 0.257 e. The van der Waals surface area contributed by atoms with Gasteiger partial charge in [-0.3, -0.25) is 9.59 Å². The van der Waals surface area contributed by atoms with Crippen molar-refractivity contribution < 1.29 is 9.59 Å². The van der Waals surface area contributed by atoms with Gasteiger partial charge in [0.1, 0.15) is 0 Å². The number of rotatable bonds is 3. The van der Waals surface area contributed by atoms with Gasteiger partial charge < -0.3 is 9.80 Å². The van der Waals surface area contributed by atoms with Gasteiger partial charge in [-0.2, -0.15) is 5.10 Å². The van der Waals surface area contributed by atoms with Crippen molar-refractivity contribution in [2.75, 3.05) is 26.2 Å². The van der Waals surface area contributed by atoms with Crippen molar-refractivity contribution in [3.63, 3.8) is 0 Å². The van der Waals surface area contributed by atoms with Gasteiger partial charge in [0.15, 0.2) is 0 Å². The first kappa shape index (κ1) is 18.6. The number of hydrogen-bond donors (Lipinski definition) is 0. The second kappa shape index (κ2) is 7.81. The van der Waals surface area contributed by atoms with Gasteiger partial charge in [-0.15, -0.1) is 0 Å². The lowest BCUT2D eigenvalue weighted by Crippen LogP contribution is -2.43. The molecule has 0 atom stereocenters. The standard InChI is InChI=1S/C23H30N4O2/c28-22(18-5-4-6-18)26-12-7-17(8-13-26)19-9-14-27-21(15-19)20(16-24-27)23(29)25-10-2-1-3-11-25/h9,14-18H,1-8,10-13H2. The third-order valence-corrected chi connectivity index (χ3v) is 7.15. The van der Waals surface area contributed by atoms with E-state index in [1.54, 1.807) is 6.20 Å². The number of likely N-dealkylation sites (tertiary alicyclic amines) is 2. The Bertz CT molecular complexity index is 903. The average molecular weight is 395 g/mol. The molecule has 0 aromatic carbocycles. The summed E-state index contributed by atoms with van der Waals surface area (Å²) in [7, 11) is 0. The summed E-state index contributed by atoms with van der Waals surface area (Å²) in [4.78, 5) is 29.6. The van der Waals surface area contributed by atoms with Crippen LogP contribution in [-0.4, -0.2) is 57.4 Å². The first-order chi connectivity index (χ1) is 14.2. The van der Waals surface area contributed by atoms with Crippen LogP contribution in [0.15, 0.2) is 24.5 Å².